The second-order valence-electron chi connectivity index (χ2n) is 4.60. The van der Waals surface area contributed by atoms with E-state index in [0.29, 0.717) is 16.9 Å². The molecule has 0 saturated heterocycles. The smallest absolute Gasteiger partial charge is 0.257 e. The summed E-state index contributed by atoms with van der Waals surface area (Å²) in [6.07, 6.45) is 1.63. The fourth-order valence-electron chi connectivity index (χ4n) is 2.06. The van der Waals surface area contributed by atoms with Crippen molar-refractivity contribution in [3.05, 3.63) is 64.8 Å². The Morgan fingerprint density at radius 1 is 1.14 bits per heavy atom. The molecule has 1 aromatic heterocycles. The van der Waals surface area contributed by atoms with E-state index in [9.17, 15) is 4.79 Å². The van der Waals surface area contributed by atoms with E-state index in [1.165, 1.54) is 0 Å². The van der Waals surface area contributed by atoms with Crippen LogP contribution in [0.5, 0.6) is 0 Å². The lowest BCUT2D eigenvalue weighted by Gasteiger charge is -2.08. The molecule has 3 N–H and O–H groups in total. The maximum absolute atomic E-state index is 12.3. The van der Waals surface area contributed by atoms with Crippen LogP contribution in [0.4, 0.5) is 11.4 Å². The molecule has 104 valence electrons. The Labute approximate surface area is 130 Å². The van der Waals surface area contributed by atoms with Gasteiger partial charge in [0.1, 0.15) is 0 Å². The minimum atomic E-state index is -0.258. The molecule has 0 saturated carbocycles. The number of aromatic nitrogens is 1. The zero-order chi connectivity index (χ0) is 14.8. The SMILES string of the molecule is Nc1ccc(Br)cc1C(=O)Nc1cnc2ccccc2c1. The maximum atomic E-state index is 12.3. The van der Waals surface area contributed by atoms with Crippen molar-refractivity contribution >= 4 is 44.1 Å². The predicted octanol–water partition coefficient (Wildman–Crippen LogP) is 3.83. The summed E-state index contributed by atoms with van der Waals surface area (Å²) >= 11 is 3.33. The molecule has 0 radical (unpaired) electrons. The largest absolute Gasteiger partial charge is 0.398 e. The Hall–Kier alpha value is -2.40. The van der Waals surface area contributed by atoms with Crippen LogP contribution in [0.15, 0.2) is 59.2 Å². The summed E-state index contributed by atoms with van der Waals surface area (Å²) in [4.78, 5) is 16.6. The molecule has 21 heavy (non-hydrogen) atoms. The second kappa shape index (κ2) is 5.54. The molecule has 0 aliphatic heterocycles. The number of nitrogens with two attached hydrogens (primary N) is 1. The van der Waals surface area contributed by atoms with Crippen molar-refractivity contribution in [1.82, 2.24) is 4.98 Å². The first kappa shape index (κ1) is 13.6. The van der Waals surface area contributed by atoms with E-state index in [1.54, 1.807) is 24.4 Å². The highest BCUT2D eigenvalue weighted by atomic mass is 79.9. The van der Waals surface area contributed by atoms with Crippen molar-refractivity contribution in [1.29, 1.82) is 0 Å². The molecule has 2 aromatic carbocycles. The first-order valence-corrected chi connectivity index (χ1v) is 7.14. The summed E-state index contributed by atoms with van der Waals surface area (Å²) in [5.41, 5.74) is 8.22. The number of pyridine rings is 1. The monoisotopic (exact) mass is 341 g/mol. The highest BCUT2D eigenvalue weighted by molar-refractivity contribution is 9.10. The molecule has 0 bridgehead atoms. The number of nitrogen functional groups attached to an aromatic ring is 1. The molecule has 0 spiro atoms. The molecular formula is C16H12BrN3O. The van der Waals surface area contributed by atoms with Crippen molar-refractivity contribution in [2.75, 3.05) is 11.1 Å². The topological polar surface area (TPSA) is 68.0 Å². The van der Waals surface area contributed by atoms with Gasteiger partial charge in [0, 0.05) is 15.5 Å². The van der Waals surface area contributed by atoms with Crippen LogP contribution in [-0.4, -0.2) is 10.9 Å². The lowest BCUT2D eigenvalue weighted by Crippen LogP contribution is -2.14. The standard InChI is InChI=1S/C16H12BrN3O/c17-11-5-6-14(18)13(8-11)16(21)20-12-7-10-3-1-2-4-15(10)19-9-12/h1-9H,18H2,(H,20,21). The number of nitrogens with zero attached hydrogens (tertiary/aromatic N) is 1. The minimum Gasteiger partial charge on any atom is -0.398 e. The fraction of sp³-hybridized carbons (Fsp3) is 0. The van der Waals surface area contributed by atoms with Gasteiger partial charge in [-0.3, -0.25) is 9.78 Å². The third kappa shape index (κ3) is 2.87. The summed E-state index contributed by atoms with van der Waals surface area (Å²) < 4.78 is 0.804. The third-order valence-corrected chi connectivity index (χ3v) is 3.60. The van der Waals surface area contributed by atoms with Gasteiger partial charge in [-0.05, 0) is 30.3 Å². The molecule has 5 heteroatoms. The van der Waals surface area contributed by atoms with Crippen LogP contribution in [0.25, 0.3) is 10.9 Å². The highest BCUT2D eigenvalue weighted by Gasteiger charge is 2.11. The van der Waals surface area contributed by atoms with E-state index in [1.807, 2.05) is 30.3 Å². The van der Waals surface area contributed by atoms with Crippen LogP contribution in [0, 0.1) is 0 Å². The average Bonchev–Trinajstić information content (AvgIpc) is 2.49. The van der Waals surface area contributed by atoms with Crippen molar-refractivity contribution in [2.24, 2.45) is 0 Å². The van der Waals surface area contributed by atoms with E-state index in [4.69, 9.17) is 5.73 Å². The average molecular weight is 342 g/mol. The maximum Gasteiger partial charge on any atom is 0.257 e. The number of carbonyl (C=O) groups excluding carboxylic acids is 1. The Kier molecular flexibility index (Phi) is 3.58. The lowest BCUT2D eigenvalue weighted by atomic mass is 10.1. The van der Waals surface area contributed by atoms with Gasteiger partial charge >= 0.3 is 0 Å². The molecule has 0 atom stereocenters. The van der Waals surface area contributed by atoms with E-state index >= 15 is 0 Å². The molecule has 1 amide bonds. The van der Waals surface area contributed by atoms with Crippen LogP contribution in [0.1, 0.15) is 10.4 Å². The molecule has 0 aliphatic carbocycles. The summed E-state index contributed by atoms with van der Waals surface area (Å²) in [5, 5.41) is 3.79. The number of amides is 1. The Balaban J connectivity index is 1.90. The van der Waals surface area contributed by atoms with Crippen LogP contribution in [-0.2, 0) is 0 Å². The summed E-state index contributed by atoms with van der Waals surface area (Å²) in [7, 11) is 0. The Morgan fingerprint density at radius 3 is 2.81 bits per heavy atom. The number of fused-ring (bicyclic) bond motifs is 1. The molecule has 0 unspecified atom stereocenters. The van der Waals surface area contributed by atoms with Crippen molar-refractivity contribution < 1.29 is 4.79 Å². The highest BCUT2D eigenvalue weighted by Crippen LogP contribution is 2.21. The van der Waals surface area contributed by atoms with Gasteiger partial charge in [-0.1, -0.05) is 34.1 Å². The zero-order valence-electron chi connectivity index (χ0n) is 11.0. The fourth-order valence-corrected chi connectivity index (χ4v) is 2.42. The van der Waals surface area contributed by atoms with Gasteiger partial charge in [-0.2, -0.15) is 0 Å². The van der Waals surface area contributed by atoms with Crippen molar-refractivity contribution in [2.45, 2.75) is 0 Å². The molecule has 0 aliphatic rings. The zero-order valence-corrected chi connectivity index (χ0v) is 12.6. The number of rotatable bonds is 2. The first-order valence-electron chi connectivity index (χ1n) is 6.34. The minimum absolute atomic E-state index is 0.258. The normalized spacial score (nSPS) is 10.5. The molecular weight excluding hydrogens is 330 g/mol. The van der Waals surface area contributed by atoms with Crippen LogP contribution >= 0.6 is 15.9 Å². The van der Waals surface area contributed by atoms with Crippen LogP contribution in [0.3, 0.4) is 0 Å². The summed E-state index contributed by atoms with van der Waals surface area (Å²) in [5.74, 6) is -0.258. The number of nitrogens with one attached hydrogen (secondary N) is 1. The lowest BCUT2D eigenvalue weighted by molar-refractivity contribution is 0.102. The number of benzene rings is 2. The van der Waals surface area contributed by atoms with Gasteiger partial charge < -0.3 is 11.1 Å². The van der Waals surface area contributed by atoms with Gasteiger partial charge in [0.25, 0.3) is 5.91 Å². The Bertz CT molecular complexity index is 833. The van der Waals surface area contributed by atoms with Gasteiger partial charge in [-0.25, -0.2) is 0 Å². The van der Waals surface area contributed by atoms with Crippen LogP contribution < -0.4 is 11.1 Å². The number of hydrogen-bond donors (Lipinski definition) is 2. The number of hydrogen-bond acceptors (Lipinski definition) is 3. The van der Waals surface area contributed by atoms with Crippen LogP contribution in [0.2, 0.25) is 0 Å². The number of carbonyl (C=O) groups is 1. The van der Waals surface area contributed by atoms with Crippen molar-refractivity contribution in [3.8, 4) is 0 Å². The summed E-state index contributed by atoms with van der Waals surface area (Å²) in [6, 6.07) is 14.8. The second-order valence-corrected chi connectivity index (χ2v) is 5.52. The van der Waals surface area contributed by atoms with Crippen molar-refractivity contribution in [3.63, 3.8) is 0 Å². The van der Waals surface area contributed by atoms with E-state index < -0.39 is 0 Å². The number of anilines is 2. The molecule has 0 fully saturated rings. The predicted molar refractivity (Wildman–Crippen MR) is 88.3 cm³/mol. The molecule has 3 rings (SSSR count). The van der Waals surface area contributed by atoms with Gasteiger partial charge in [-0.15, -0.1) is 0 Å². The molecule has 3 aromatic rings. The molecule has 4 nitrogen and oxygen atoms in total. The Morgan fingerprint density at radius 2 is 1.95 bits per heavy atom. The van der Waals surface area contributed by atoms with E-state index in [2.05, 4.69) is 26.2 Å². The summed E-state index contributed by atoms with van der Waals surface area (Å²) in [6.45, 7) is 0. The quantitative estimate of drug-likeness (QED) is 0.696. The van der Waals surface area contributed by atoms with Gasteiger partial charge in [0.2, 0.25) is 0 Å². The number of halogens is 1. The molecule has 1 heterocycles. The van der Waals surface area contributed by atoms with Gasteiger partial charge in [0.15, 0.2) is 0 Å². The van der Waals surface area contributed by atoms with E-state index in [0.717, 1.165) is 15.4 Å². The van der Waals surface area contributed by atoms with Gasteiger partial charge in [0.05, 0.1) is 23.0 Å². The third-order valence-electron chi connectivity index (χ3n) is 3.11. The number of para-hydroxylation sites is 1. The first-order chi connectivity index (χ1) is 10.1. The van der Waals surface area contributed by atoms with E-state index in [-0.39, 0.29) is 5.91 Å².